The summed E-state index contributed by atoms with van der Waals surface area (Å²) >= 11 is 0. The van der Waals surface area contributed by atoms with E-state index in [-0.39, 0.29) is 31.8 Å². The van der Waals surface area contributed by atoms with Gasteiger partial charge in [0.2, 0.25) is 5.71 Å². The van der Waals surface area contributed by atoms with Gasteiger partial charge in [-0.15, -0.1) is 54.1 Å². The van der Waals surface area contributed by atoms with Crippen molar-refractivity contribution in [1.82, 2.24) is 24.5 Å². The van der Waals surface area contributed by atoms with Crippen LogP contribution in [0.5, 0.6) is 0 Å². The van der Waals surface area contributed by atoms with Gasteiger partial charge in [-0.3, -0.25) is 4.98 Å². The molecule has 1 radical (unpaired) electrons. The van der Waals surface area contributed by atoms with Gasteiger partial charge in [0.25, 0.3) is 0 Å². The Bertz CT molecular complexity index is 3280. The van der Waals surface area contributed by atoms with Gasteiger partial charge in [0.05, 0.1) is 40.0 Å². The Kier molecular flexibility index (Phi) is 9.57. The Morgan fingerprint density at radius 3 is 2.24 bits per heavy atom. The van der Waals surface area contributed by atoms with Crippen molar-refractivity contribution >= 4 is 33.1 Å². The number of hydrogen-bond acceptors (Lipinski definition) is 6. The Balaban J connectivity index is 0.000000305. The summed E-state index contributed by atoms with van der Waals surface area (Å²) in [7, 11) is 0. The molecule has 3 aliphatic rings. The molecular formula is C51H34F3IrN5O2-2. The van der Waals surface area contributed by atoms with E-state index in [1.165, 1.54) is 0 Å². The van der Waals surface area contributed by atoms with Crippen LogP contribution in [0.2, 0.25) is 0 Å². The van der Waals surface area contributed by atoms with Crippen molar-refractivity contribution in [3.05, 3.63) is 197 Å². The Hall–Kier alpha value is -6.68. The van der Waals surface area contributed by atoms with Gasteiger partial charge in [-0.2, -0.15) is 13.2 Å². The number of aryl methyl sites for hydroxylation is 1. The van der Waals surface area contributed by atoms with Crippen LogP contribution in [0.25, 0.3) is 61.4 Å². The third kappa shape index (κ3) is 6.21. The molecule has 0 N–H and O–H groups in total. The number of furan rings is 1. The maximum atomic E-state index is 14.1. The number of hydrogen-bond donors (Lipinski definition) is 0. The van der Waals surface area contributed by atoms with Crippen LogP contribution >= 0.6 is 0 Å². The molecule has 0 saturated heterocycles. The summed E-state index contributed by atoms with van der Waals surface area (Å²) in [6, 6.07) is 48.0. The number of alkyl halides is 3. The fourth-order valence-corrected chi connectivity index (χ4v) is 9.10. The SMILES string of the molecule is Cc1ccc2c(n1)oc1c(-c3nc4ccc5c(c4n3-c3ccccc3C(C)C)C3c4ccccc4C5c4oc(C(F)(F)F)nc43)[c-]ccc12.[Ir].[c-]1ccccc1-c1ccccn1. The molecular weight excluding hydrogens is 964 g/mol. The minimum atomic E-state index is -4.72. The fourth-order valence-electron chi connectivity index (χ4n) is 9.10. The summed E-state index contributed by atoms with van der Waals surface area (Å²) in [5.41, 5.74) is 12.1. The molecule has 0 aliphatic heterocycles. The monoisotopic (exact) mass is 998 g/mol. The summed E-state index contributed by atoms with van der Waals surface area (Å²) in [6.45, 7) is 6.21. The second-order valence-corrected chi connectivity index (χ2v) is 15.7. The molecule has 0 fully saturated rings. The summed E-state index contributed by atoms with van der Waals surface area (Å²) < 4.78 is 56.5. The summed E-state index contributed by atoms with van der Waals surface area (Å²) in [4.78, 5) is 18.3. The third-order valence-electron chi connectivity index (χ3n) is 11.7. The molecule has 5 aromatic heterocycles. The van der Waals surface area contributed by atoms with Crippen LogP contribution in [0, 0.1) is 19.1 Å². The molecule has 0 amide bonds. The first-order chi connectivity index (χ1) is 29.7. The van der Waals surface area contributed by atoms with Crippen molar-refractivity contribution in [1.29, 1.82) is 0 Å². The second kappa shape index (κ2) is 15.0. The van der Waals surface area contributed by atoms with Crippen LogP contribution in [0.1, 0.15) is 82.5 Å². The third-order valence-corrected chi connectivity index (χ3v) is 11.7. The van der Waals surface area contributed by atoms with Gasteiger partial charge in [0.15, 0.2) is 0 Å². The number of rotatable bonds is 4. The predicted octanol–water partition coefficient (Wildman–Crippen LogP) is 12.8. The molecule has 2 bridgehead atoms. The molecule has 3 aliphatic carbocycles. The van der Waals surface area contributed by atoms with E-state index in [4.69, 9.17) is 13.8 Å². The van der Waals surface area contributed by atoms with Crippen molar-refractivity contribution in [2.45, 2.75) is 44.7 Å². The maximum Gasteiger partial charge on any atom is 0.468 e. The second-order valence-electron chi connectivity index (χ2n) is 15.7. The number of fused-ring (bicyclic) bond motifs is 4. The smallest absolute Gasteiger partial charge is 0.468 e. The van der Waals surface area contributed by atoms with E-state index in [0.717, 1.165) is 66.7 Å². The maximum absolute atomic E-state index is 14.1. The van der Waals surface area contributed by atoms with Crippen LogP contribution < -0.4 is 0 Å². The number of nitrogens with zero attached hydrogens (tertiary/aromatic N) is 5. The topological polar surface area (TPSA) is 82.8 Å². The zero-order chi connectivity index (χ0) is 41.6. The van der Waals surface area contributed by atoms with Crippen LogP contribution in [0.15, 0.2) is 142 Å². The fraction of sp³-hybridized carbons (Fsp3) is 0.137. The van der Waals surface area contributed by atoms with E-state index in [1.54, 1.807) is 6.20 Å². The molecule has 2 unspecified atom stereocenters. The average Bonchev–Trinajstić information content (AvgIpc) is 4.01. The first-order valence-electron chi connectivity index (χ1n) is 20.1. The number of pyridine rings is 2. The van der Waals surface area contributed by atoms with E-state index in [2.05, 4.69) is 57.6 Å². The van der Waals surface area contributed by atoms with Crippen molar-refractivity contribution < 1.29 is 42.1 Å². The van der Waals surface area contributed by atoms with Crippen molar-refractivity contribution in [3.8, 4) is 28.3 Å². The minimum absolute atomic E-state index is 0. The van der Waals surface area contributed by atoms with Gasteiger partial charge in [0, 0.05) is 43.1 Å². The molecule has 307 valence electrons. The molecule has 7 nitrogen and oxygen atoms in total. The van der Waals surface area contributed by atoms with Crippen LogP contribution in [-0.4, -0.2) is 24.5 Å². The van der Waals surface area contributed by atoms with Crippen LogP contribution in [0.3, 0.4) is 0 Å². The van der Waals surface area contributed by atoms with E-state index >= 15 is 0 Å². The number of oxazole rings is 1. The van der Waals surface area contributed by atoms with Gasteiger partial charge in [-0.1, -0.05) is 85.5 Å². The van der Waals surface area contributed by atoms with Crippen LogP contribution in [-0.2, 0) is 26.3 Å². The van der Waals surface area contributed by atoms with Gasteiger partial charge >= 0.3 is 12.1 Å². The molecule has 0 saturated carbocycles. The van der Waals surface area contributed by atoms with Crippen molar-refractivity contribution in [2.24, 2.45) is 0 Å². The van der Waals surface area contributed by atoms with Crippen molar-refractivity contribution in [3.63, 3.8) is 0 Å². The minimum Gasteiger partial charge on any atom is -0.486 e. The number of halogens is 3. The van der Waals surface area contributed by atoms with Gasteiger partial charge in [0.1, 0.15) is 5.76 Å². The summed E-state index contributed by atoms with van der Waals surface area (Å²) in [6.07, 6.45) is -2.93. The zero-order valence-corrected chi connectivity index (χ0v) is 35.8. The van der Waals surface area contributed by atoms with Gasteiger partial charge in [-0.25, -0.2) is 9.97 Å². The summed E-state index contributed by atoms with van der Waals surface area (Å²) in [5, 5.41) is 1.79. The Morgan fingerprint density at radius 1 is 0.710 bits per heavy atom. The molecule has 10 aromatic rings. The molecule has 11 heteroatoms. The predicted molar refractivity (Wildman–Crippen MR) is 228 cm³/mol. The quantitative estimate of drug-likeness (QED) is 0.163. The first-order valence-corrected chi connectivity index (χ1v) is 20.1. The Morgan fingerprint density at radius 2 is 1.48 bits per heavy atom. The van der Waals surface area contributed by atoms with E-state index < -0.39 is 23.9 Å². The van der Waals surface area contributed by atoms with Gasteiger partial charge < -0.3 is 18.4 Å². The molecule has 0 spiro atoms. The standard InChI is InChI=1S/C40H26F3N4O2.C11H8N.Ir/c1-19(2)21-9-6-7-14-29(21)47-34-28(45-37(47)27-13-8-12-24-25-16-15-20(3)44-38(25)48-35(24)27)18-17-26-30-22-10-4-5-11-23(22)31(32(26)34)33-36(30)49-39(46-33)40(41,42)43;1-2-6-10(7-3-1)11-8-4-5-9-12-11;/h4-12,14-19,30-31H,1-3H3;1-6,8-9H;/q2*-1;. The van der Waals surface area contributed by atoms with E-state index in [9.17, 15) is 13.2 Å². The summed E-state index contributed by atoms with van der Waals surface area (Å²) in [5.74, 6) is -1.34. The Labute approximate surface area is 367 Å². The number of para-hydroxylation sites is 1. The molecule has 5 aromatic carbocycles. The normalized spacial score (nSPS) is 15.0. The van der Waals surface area contributed by atoms with Gasteiger partial charge in [-0.05, 0) is 76.7 Å². The molecule has 62 heavy (non-hydrogen) atoms. The largest absolute Gasteiger partial charge is 0.486 e. The molecule has 5 heterocycles. The van der Waals surface area contributed by atoms with Crippen LogP contribution in [0.4, 0.5) is 13.2 Å². The number of benzene rings is 5. The molecule has 13 rings (SSSR count). The molecule has 2 atom stereocenters. The number of imidazole rings is 1. The average molecular weight is 998 g/mol. The van der Waals surface area contributed by atoms with E-state index in [0.29, 0.717) is 33.9 Å². The van der Waals surface area contributed by atoms with E-state index in [1.807, 2.05) is 122 Å². The van der Waals surface area contributed by atoms with Crippen molar-refractivity contribution in [2.75, 3.05) is 0 Å². The number of aromatic nitrogens is 5. The zero-order valence-electron chi connectivity index (χ0n) is 33.5. The first kappa shape index (κ1) is 39.5.